The van der Waals surface area contributed by atoms with Crippen molar-refractivity contribution in [2.45, 2.75) is 26.4 Å². The number of para-hydroxylation sites is 1. The summed E-state index contributed by atoms with van der Waals surface area (Å²) in [5.41, 5.74) is -1.20. The number of nitrogens with one attached hydrogen (secondary N) is 1. The van der Waals surface area contributed by atoms with Crippen LogP contribution in [0.3, 0.4) is 0 Å². The van der Waals surface area contributed by atoms with Crippen LogP contribution in [-0.4, -0.2) is 17.6 Å². The van der Waals surface area contributed by atoms with E-state index in [0.29, 0.717) is 28.1 Å². The fourth-order valence-electron chi connectivity index (χ4n) is 2.72. The van der Waals surface area contributed by atoms with Gasteiger partial charge < -0.3 is 19.3 Å². The average molecular weight is 341 g/mol. The zero-order valence-corrected chi connectivity index (χ0v) is 14.3. The second-order valence-corrected chi connectivity index (χ2v) is 6.25. The van der Waals surface area contributed by atoms with E-state index in [1.54, 1.807) is 50.2 Å². The minimum absolute atomic E-state index is 0.0647. The summed E-state index contributed by atoms with van der Waals surface area (Å²) in [4.78, 5) is 24.7. The lowest BCUT2D eigenvalue weighted by molar-refractivity contribution is 0.0322. The van der Waals surface area contributed by atoms with Crippen molar-refractivity contribution in [2.24, 2.45) is 0 Å². The molecule has 2 aromatic heterocycles. The summed E-state index contributed by atoms with van der Waals surface area (Å²) in [5.74, 6) is 0.403. The predicted octanol–water partition coefficient (Wildman–Crippen LogP) is 2.64. The summed E-state index contributed by atoms with van der Waals surface area (Å²) < 4.78 is 10.6. The second-order valence-electron chi connectivity index (χ2n) is 6.25. The van der Waals surface area contributed by atoms with E-state index in [2.05, 4.69) is 5.32 Å². The summed E-state index contributed by atoms with van der Waals surface area (Å²) in [6.45, 7) is 4.88. The van der Waals surface area contributed by atoms with Gasteiger partial charge in [-0.1, -0.05) is 18.2 Å². The maximum absolute atomic E-state index is 12.5. The highest BCUT2D eigenvalue weighted by Crippen LogP contribution is 2.23. The summed E-state index contributed by atoms with van der Waals surface area (Å²) in [6.07, 6.45) is 0. The van der Waals surface area contributed by atoms with Crippen molar-refractivity contribution in [1.29, 1.82) is 0 Å². The fraction of sp³-hybridized carbons (Fsp3) is 0.263. The van der Waals surface area contributed by atoms with Crippen LogP contribution < -0.4 is 10.9 Å². The Bertz CT molecular complexity index is 996. The number of aliphatic hydroxyl groups is 1. The van der Waals surface area contributed by atoms with Gasteiger partial charge in [0.05, 0.1) is 6.54 Å². The number of hydrogen-bond acceptors (Lipinski definition) is 5. The monoisotopic (exact) mass is 341 g/mol. The molecule has 1 unspecified atom stereocenters. The van der Waals surface area contributed by atoms with E-state index in [4.69, 9.17) is 8.83 Å². The van der Waals surface area contributed by atoms with Crippen LogP contribution in [0.1, 0.15) is 34.4 Å². The highest BCUT2D eigenvalue weighted by Gasteiger charge is 2.28. The fourth-order valence-corrected chi connectivity index (χ4v) is 2.72. The van der Waals surface area contributed by atoms with Crippen molar-refractivity contribution in [2.75, 3.05) is 6.54 Å². The minimum Gasteiger partial charge on any atom is -0.463 e. The standard InChI is InChI=1S/C19H19NO5/c1-11-8-9-15(24-11)19(3,23)10-20-17(21)16-12(2)13-6-4-5-7-14(13)25-18(16)22/h4-9,23H,10H2,1-3H3,(H,20,21). The molecule has 0 saturated heterocycles. The molecule has 3 rings (SSSR count). The molecule has 1 aromatic carbocycles. The van der Waals surface area contributed by atoms with Crippen molar-refractivity contribution in [3.8, 4) is 0 Å². The predicted molar refractivity (Wildman–Crippen MR) is 92.6 cm³/mol. The molecule has 25 heavy (non-hydrogen) atoms. The van der Waals surface area contributed by atoms with Gasteiger partial charge >= 0.3 is 5.63 Å². The van der Waals surface area contributed by atoms with Crippen molar-refractivity contribution in [3.05, 3.63) is 69.5 Å². The normalized spacial score (nSPS) is 13.6. The van der Waals surface area contributed by atoms with Gasteiger partial charge in [0.25, 0.3) is 5.91 Å². The average Bonchev–Trinajstić information content (AvgIpc) is 3.00. The zero-order valence-electron chi connectivity index (χ0n) is 14.3. The Morgan fingerprint density at radius 3 is 2.56 bits per heavy atom. The van der Waals surface area contributed by atoms with E-state index in [1.165, 1.54) is 6.92 Å². The number of amides is 1. The number of fused-ring (bicyclic) bond motifs is 1. The second kappa shape index (κ2) is 6.22. The van der Waals surface area contributed by atoms with E-state index in [0.717, 1.165) is 0 Å². The first kappa shape index (κ1) is 17.0. The molecule has 0 aliphatic rings. The van der Waals surface area contributed by atoms with Crippen LogP contribution in [0.25, 0.3) is 11.0 Å². The molecular weight excluding hydrogens is 322 g/mol. The number of hydrogen-bond donors (Lipinski definition) is 2. The van der Waals surface area contributed by atoms with Crippen LogP contribution in [0.2, 0.25) is 0 Å². The Labute approximate surface area is 144 Å². The highest BCUT2D eigenvalue weighted by atomic mass is 16.4. The lowest BCUT2D eigenvalue weighted by Crippen LogP contribution is -2.40. The molecule has 0 aliphatic heterocycles. The van der Waals surface area contributed by atoms with Gasteiger partial charge in [-0.25, -0.2) is 4.79 Å². The van der Waals surface area contributed by atoms with Crippen molar-refractivity contribution >= 4 is 16.9 Å². The van der Waals surface area contributed by atoms with Gasteiger partial charge in [-0.15, -0.1) is 0 Å². The van der Waals surface area contributed by atoms with Crippen LogP contribution in [0, 0.1) is 13.8 Å². The number of carbonyl (C=O) groups is 1. The molecule has 2 N–H and O–H groups in total. The van der Waals surface area contributed by atoms with Crippen LogP contribution in [-0.2, 0) is 5.60 Å². The molecule has 0 radical (unpaired) electrons. The molecule has 3 aromatic rings. The maximum atomic E-state index is 12.5. The van der Waals surface area contributed by atoms with Gasteiger partial charge in [0.15, 0.2) is 0 Å². The van der Waals surface area contributed by atoms with Gasteiger partial charge in [-0.2, -0.15) is 0 Å². The summed E-state index contributed by atoms with van der Waals surface area (Å²) in [6, 6.07) is 10.4. The minimum atomic E-state index is -1.39. The quantitative estimate of drug-likeness (QED) is 0.712. The summed E-state index contributed by atoms with van der Waals surface area (Å²) in [7, 11) is 0. The Balaban J connectivity index is 1.87. The van der Waals surface area contributed by atoms with Crippen LogP contribution in [0.5, 0.6) is 0 Å². The van der Waals surface area contributed by atoms with E-state index in [-0.39, 0.29) is 12.1 Å². The lowest BCUT2D eigenvalue weighted by atomic mass is 10.0. The first-order valence-corrected chi connectivity index (χ1v) is 7.89. The van der Waals surface area contributed by atoms with Gasteiger partial charge in [0.2, 0.25) is 0 Å². The Morgan fingerprint density at radius 1 is 1.16 bits per heavy atom. The SMILES string of the molecule is Cc1ccc(C(C)(O)CNC(=O)c2c(C)c3ccccc3oc2=O)o1. The smallest absolute Gasteiger partial charge is 0.349 e. The topological polar surface area (TPSA) is 92.7 Å². The van der Waals surface area contributed by atoms with Gasteiger partial charge in [-0.05, 0) is 44.5 Å². The van der Waals surface area contributed by atoms with E-state index in [9.17, 15) is 14.7 Å². The molecule has 1 amide bonds. The Kier molecular flexibility index (Phi) is 4.22. The van der Waals surface area contributed by atoms with Gasteiger partial charge in [-0.3, -0.25) is 4.79 Å². The Morgan fingerprint density at radius 2 is 1.88 bits per heavy atom. The summed E-state index contributed by atoms with van der Waals surface area (Å²) >= 11 is 0. The molecule has 130 valence electrons. The van der Waals surface area contributed by atoms with E-state index in [1.807, 2.05) is 0 Å². The number of aryl methyl sites for hydroxylation is 2. The number of rotatable bonds is 4. The number of furan rings is 1. The van der Waals surface area contributed by atoms with Crippen molar-refractivity contribution in [3.63, 3.8) is 0 Å². The Hall–Kier alpha value is -2.86. The molecule has 1 atom stereocenters. The van der Waals surface area contributed by atoms with Crippen molar-refractivity contribution < 1.29 is 18.7 Å². The molecule has 0 aliphatic carbocycles. The van der Waals surface area contributed by atoms with E-state index < -0.39 is 17.1 Å². The van der Waals surface area contributed by atoms with Crippen LogP contribution in [0.4, 0.5) is 0 Å². The molecule has 2 heterocycles. The number of benzene rings is 1. The lowest BCUT2D eigenvalue weighted by Gasteiger charge is -2.21. The highest BCUT2D eigenvalue weighted by molar-refractivity contribution is 5.99. The zero-order chi connectivity index (χ0) is 18.2. The molecule has 0 bridgehead atoms. The molecule has 0 fully saturated rings. The maximum Gasteiger partial charge on any atom is 0.349 e. The van der Waals surface area contributed by atoms with Gasteiger partial charge in [0, 0.05) is 5.39 Å². The largest absolute Gasteiger partial charge is 0.463 e. The molecular formula is C19H19NO5. The molecule has 0 spiro atoms. The third-order valence-corrected chi connectivity index (χ3v) is 4.16. The van der Waals surface area contributed by atoms with Gasteiger partial charge in [0.1, 0.15) is 28.3 Å². The molecule has 6 heteroatoms. The third kappa shape index (κ3) is 3.21. The number of carbonyl (C=O) groups excluding carboxylic acids is 1. The first-order chi connectivity index (χ1) is 11.8. The van der Waals surface area contributed by atoms with E-state index >= 15 is 0 Å². The van der Waals surface area contributed by atoms with Crippen molar-refractivity contribution in [1.82, 2.24) is 5.32 Å². The summed E-state index contributed by atoms with van der Waals surface area (Å²) in [5, 5.41) is 13.8. The first-order valence-electron chi connectivity index (χ1n) is 7.89. The third-order valence-electron chi connectivity index (χ3n) is 4.16. The van der Waals surface area contributed by atoms with Crippen LogP contribution >= 0.6 is 0 Å². The molecule has 0 saturated carbocycles. The van der Waals surface area contributed by atoms with Crippen LogP contribution in [0.15, 0.2) is 50.0 Å². The molecule has 6 nitrogen and oxygen atoms in total.